The Bertz CT molecular complexity index is 366. The second-order valence-corrected chi connectivity index (χ2v) is 3.92. The first-order valence-electron chi connectivity index (χ1n) is 6.30. The van der Waals surface area contributed by atoms with E-state index in [1.165, 1.54) is 5.56 Å². The highest BCUT2D eigenvalue weighted by atomic mass is 16.5. The zero-order valence-corrected chi connectivity index (χ0v) is 11.1. The Labute approximate surface area is 108 Å². The van der Waals surface area contributed by atoms with E-state index in [4.69, 9.17) is 9.47 Å². The number of ether oxygens (including phenoxy) is 2. The molecule has 0 unspecified atom stereocenters. The number of amides is 1. The monoisotopic (exact) mass is 251 g/mol. The fourth-order valence-corrected chi connectivity index (χ4v) is 1.72. The molecular formula is C14H21NO3. The zero-order chi connectivity index (χ0) is 13.2. The van der Waals surface area contributed by atoms with Gasteiger partial charge in [0.1, 0.15) is 5.75 Å². The van der Waals surface area contributed by atoms with Crippen LogP contribution in [0.5, 0.6) is 5.75 Å². The largest absolute Gasteiger partial charge is 0.496 e. The lowest BCUT2D eigenvalue weighted by Gasteiger charge is -2.08. The van der Waals surface area contributed by atoms with E-state index < -0.39 is 0 Å². The molecule has 1 amide bonds. The minimum atomic E-state index is -0.338. The summed E-state index contributed by atoms with van der Waals surface area (Å²) < 4.78 is 10.1. The Hall–Kier alpha value is -1.71. The number of aryl methyl sites for hydroxylation is 1. The second kappa shape index (κ2) is 8.39. The van der Waals surface area contributed by atoms with E-state index in [1.54, 1.807) is 14.0 Å². The van der Waals surface area contributed by atoms with Crippen molar-refractivity contribution in [2.45, 2.75) is 26.2 Å². The van der Waals surface area contributed by atoms with Crippen molar-refractivity contribution in [3.8, 4) is 5.75 Å². The normalized spacial score (nSPS) is 9.89. The molecule has 0 bridgehead atoms. The third-order valence-electron chi connectivity index (χ3n) is 2.61. The number of hydrogen-bond acceptors (Lipinski definition) is 3. The molecule has 0 saturated heterocycles. The van der Waals surface area contributed by atoms with Crippen molar-refractivity contribution in [3.63, 3.8) is 0 Å². The third kappa shape index (κ3) is 5.08. The van der Waals surface area contributed by atoms with Crippen LogP contribution in [0.15, 0.2) is 24.3 Å². The Morgan fingerprint density at radius 2 is 2.06 bits per heavy atom. The number of para-hydroxylation sites is 1. The van der Waals surface area contributed by atoms with E-state index in [0.717, 1.165) is 25.0 Å². The van der Waals surface area contributed by atoms with Gasteiger partial charge in [0.2, 0.25) is 0 Å². The van der Waals surface area contributed by atoms with E-state index in [0.29, 0.717) is 13.2 Å². The van der Waals surface area contributed by atoms with Gasteiger partial charge in [0.15, 0.2) is 0 Å². The summed E-state index contributed by atoms with van der Waals surface area (Å²) in [6.07, 6.45) is 2.55. The summed E-state index contributed by atoms with van der Waals surface area (Å²) in [5.41, 5.74) is 1.20. The van der Waals surface area contributed by atoms with Gasteiger partial charge in [-0.05, 0) is 37.8 Å². The highest BCUT2D eigenvalue weighted by Crippen LogP contribution is 2.19. The van der Waals surface area contributed by atoms with Crippen LogP contribution in [-0.2, 0) is 11.2 Å². The quantitative estimate of drug-likeness (QED) is 0.758. The number of carbonyl (C=O) groups excluding carboxylic acids is 1. The van der Waals surface area contributed by atoms with Gasteiger partial charge in [-0.15, -0.1) is 0 Å². The summed E-state index contributed by atoms with van der Waals surface area (Å²) in [7, 11) is 1.68. The number of carbonyl (C=O) groups is 1. The summed E-state index contributed by atoms with van der Waals surface area (Å²) in [5.74, 6) is 0.927. The molecule has 4 heteroatoms. The van der Waals surface area contributed by atoms with Gasteiger partial charge in [-0.25, -0.2) is 4.79 Å². The molecule has 0 fully saturated rings. The van der Waals surface area contributed by atoms with Gasteiger partial charge in [-0.1, -0.05) is 18.2 Å². The first-order valence-corrected chi connectivity index (χ1v) is 6.30. The fourth-order valence-electron chi connectivity index (χ4n) is 1.72. The minimum Gasteiger partial charge on any atom is -0.496 e. The molecule has 0 aliphatic rings. The van der Waals surface area contributed by atoms with E-state index in [-0.39, 0.29) is 6.09 Å². The topological polar surface area (TPSA) is 47.6 Å². The molecule has 18 heavy (non-hydrogen) atoms. The average molecular weight is 251 g/mol. The predicted molar refractivity (Wildman–Crippen MR) is 71.0 cm³/mol. The molecule has 0 aliphatic heterocycles. The molecule has 0 atom stereocenters. The predicted octanol–water partition coefficient (Wildman–Crippen LogP) is 2.76. The first-order chi connectivity index (χ1) is 8.77. The van der Waals surface area contributed by atoms with Crippen molar-refractivity contribution in [1.29, 1.82) is 0 Å². The highest BCUT2D eigenvalue weighted by Gasteiger charge is 2.02. The minimum absolute atomic E-state index is 0.338. The van der Waals surface area contributed by atoms with E-state index in [9.17, 15) is 4.79 Å². The Morgan fingerprint density at radius 3 is 2.78 bits per heavy atom. The van der Waals surface area contributed by atoms with Crippen LogP contribution in [-0.4, -0.2) is 26.4 Å². The van der Waals surface area contributed by atoms with Crippen molar-refractivity contribution in [1.82, 2.24) is 5.32 Å². The fraction of sp³-hybridized carbons (Fsp3) is 0.500. The van der Waals surface area contributed by atoms with Gasteiger partial charge in [-0.3, -0.25) is 0 Å². The van der Waals surface area contributed by atoms with Gasteiger partial charge < -0.3 is 14.8 Å². The summed E-state index contributed by atoms with van der Waals surface area (Å²) >= 11 is 0. The second-order valence-electron chi connectivity index (χ2n) is 3.92. The number of benzene rings is 1. The lowest BCUT2D eigenvalue weighted by molar-refractivity contribution is 0.152. The van der Waals surface area contributed by atoms with Crippen LogP contribution in [0.25, 0.3) is 0 Å². The summed E-state index contributed by atoms with van der Waals surface area (Å²) in [4.78, 5) is 11.0. The average Bonchev–Trinajstić information content (AvgIpc) is 2.39. The van der Waals surface area contributed by atoms with Gasteiger partial charge >= 0.3 is 6.09 Å². The SMILES string of the molecule is CCOC(=O)NCCCCc1ccccc1OC. The van der Waals surface area contributed by atoms with Crippen molar-refractivity contribution in [2.24, 2.45) is 0 Å². The smallest absolute Gasteiger partial charge is 0.407 e. The molecule has 0 saturated carbocycles. The number of methoxy groups -OCH3 is 1. The number of unbranched alkanes of at least 4 members (excludes halogenated alkanes) is 1. The van der Waals surface area contributed by atoms with Gasteiger partial charge in [0.05, 0.1) is 13.7 Å². The molecule has 4 nitrogen and oxygen atoms in total. The standard InChI is InChI=1S/C14H21NO3/c1-3-18-14(16)15-11-7-6-9-12-8-4-5-10-13(12)17-2/h4-5,8,10H,3,6-7,9,11H2,1-2H3,(H,15,16). The van der Waals surface area contributed by atoms with Crippen molar-refractivity contribution < 1.29 is 14.3 Å². The first kappa shape index (κ1) is 14.4. The van der Waals surface area contributed by atoms with E-state index >= 15 is 0 Å². The number of rotatable bonds is 7. The lowest BCUT2D eigenvalue weighted by atomic mass is 10.1. The maximum absolute atomic E-state index is 11.0. The Kier molecular flexibility index (Phi) is 6.69. The van der Waals surface area contributed by atoms with Crippen LogP contribution in [0, 0.1) is 0 Å². The number of hydrogen-bond donors (Lipinski definition) is 1. The van der Waals surface area contributed by atoms with E-state index in [1.807, 2.05) is 18.2 Å². The Morgan fingerprint density at radius 1 is 1.28 bits per heavy atom. The maximum Gasteiger partial charge on any atom is 0.407 e. The summed E-state index contributed by atoms with van der Waals surface area (Å²) in [5, 5.41) is 2.71. The van der Waals surface area contributed by atoms with Crippen molar-refractivity contribution >= 4 is 6.09 Å². The van der Waals surface area contributed by atoms with Crippen molar-refractivity contribution in [2.75, 3.05) is 20.3 Å². The van der Waals surface area contributed by atoms with E-state index in [2.05, 4.69) is 11.4 Å². The molecule has 1 N–H and O–H groups in total. The maximum atomic E-state index is 11.0. The zero-order valence-electron chi connectivity index (χ0n) is 11.1. The molecule has 100 valence electrons. The molecule has 1 aromatic carbocycles. The summed E-state index contributed by atoms with van der Waals surface area (Å²) in [6.45, 7) is 2.85. The Balaban J connectivity index is 2.19. The molecular weight excluding hydrogens is 230 g/mol. The van der Waals surface area contributed by atoms with Crippen LogP contribution < -0.4 is 10.1 Å². The van der Waals surface area contributed by atoms with Crippen LogP contribution in [0.1, 0.15) is 25.3 Å². The molecule has 1 rings (SSSR count). The number of nitrogens with one attached hydrogen (secondary N) is 1. The van der Waals surface area contributed by atoms with Crippen LogP contribution >= 0.6 is 0 Å². The molecule has 0 aromatic heterocycles. The molecule has 0 aliphatic carbocycles. The van der Waals surface area contributed by atoms with Crippen molar-refractivity contribution in [3.05, 3.63) is 29.8 Å². The van der Waals surface area contributed by atoms with Gasteiger partial charge in [-0.2, -0.15) is 0 Å². The van der Waals surface area contributed by atoms with Crippen LogP contribution in [0.4, 0.5) is 4.79 Å². The molecule has 0 heterocycles. The van der Waals surface area contributed by atoms with Gasteiger partial charge in [0, 0.05) is 6.54 Å². The third-order valence-corrected chi connectivity index (χ3v) is 2.61. The molecule has 0 spiro atoms. The molecule has 0 radical (unpaired) electrons. The molecule has 1 aromatic rings. The van der Waals surface area contributed by atoms with Crippen LogP contribution in [0.2, 0.25) is 0 Å². The summed E-state index contributed by atoms with van der Waals surface area (Å²) in [6, 6.07) is 8.00. The number of alkyl carbamates (subject to hydrolysis) is 1. The van der Waals surface area contributed by atoms with Crippen LogP contribution in [0.3, 0.4) is 0 Å². The van der Waals surface area contributed by atoms with Gasteiger partial charge in [0.25, 0.3) is 0 Å². The lowest BCUT2D eigenvalue weighted by Crippen LogP contribution is -2.25. The highest BCUT2D eigenvalue weighted by molar-refractivity contribution is 5.66.